The molecular weight excluding hydrogens is 378 g/mol. The van der Waals surface area contributed by atoms with Gasteiger partial charge in [0.05, 0.1) is 0 Å². The first-order valence-electron chi connectivity index (χ1n) is 9.41. The van der Waals surface area contributed by atoms with Crippen molar-refractivity contribution >= 4 is 28.9 Å². The average Bonchev–Trinajstić information content (AvgIpc) is 3.21. The van der Waals surface area contributed by atoms with E-state index in [0.29, 0.717) is 0 Å². The van der Waals surface area contributed by atoms with Crippen LogP contribution in [0.15, 0.2) is 46.8 Å². The predicted molar refractivity (Wildman–Crippen MR) is 115 cm³/mol. The van der Waals surface area contributed by atoms with Crippen molar-refractivity contribution in [3.8, 4) is 0 Å². The lowest BCUT2D eigenvalue weighted by Gasteiger charge is -2.39. The summed E-state index contributed by atoms with van der Waals surface area (Å²) in [5.74, 6) is 0.921. The Kier molecular flexibility index (Phi) is 7.16. The van der Waals surface area contributed by atoms with E-state index in [-0.39, 0.29) is 5.41 Å². The maximum atomic E-state index is 6.56. The summed E-state index contributed by atoms with van der Waals surface area (Å²) in [5, 5.41) is 6.56. The van der Waals surface area contributed by atoms with Crippen molar-refractivity contribution in [3.63, 3.8) is 0 Å². The molecule has 27 heavy (non-hydrogen) atoms. The second-order valence-electron chi connectivity index (χ2n) is 7.02. The molecule has 6 heteroatoms. The van der Waals surface area contributed by atoms with E-state index in [9.17, 15) is 0 Å². The van der Waals surface area contributed by atoms with E-state index in [1.165, 1.54) is 10.4 Å². The van der Waals surface area contributed by atoms with Crippen LogP contribution in [0.2, 0.25) is 5.02 Å². The molecule has 1 N–H and O–H groups in total. The van der Waals surface area contributed by atoms with Crippen LogP contribution in [0, 0.1) is 0 Å². The molecule has 0 saturated carbocycles. The van der Waals surface area contributed by atoms with E-state index >= 15 is 0 Å². The predicted octanol–water partition coefficient (Wildman–Crippen LogP) is 4.20. The van der Waals surface area contributed by atoms with Gasteiger partial charge >= 0.3 is 0 Å². The van der Waals surface area contributed by atoms with E-state index in [0.717, 1.165) is 56.5 Å². The van der Waals surface area contributed by atoms with Crippen LogP contribution in [0.3, 0.4) is 0 Å². The fraction of sp³-hybridized carbons (Fsp3) is 0.476. The van der Waals surface area contributed by atoms with Gasteiger partial charge < -0.3 is 15.0 Å². The van der Waals surface area contributed by atoms with Gasteiger partial charge in [-0.15, -0.1) is 11.3 Å². The van der Waals surface area contributed by atoms with Gasteiger partial charge in [0.2, 0.25) is 0 Å². The molecule has 1 aliphatic rings. The number of halogens is 1. The van der Waals surface area contributed by atoms with E-state index in [1.807, 2.05) is 19.2 Å². The van der Waals surface area contributed by atoms with Gasteiger partial charge in [0.15, 0.2) is 5.96 Å². The minimum Gasteiger partial charge on any atom is -0.381 e. The Morgan fingerprint density at radius 3 is 2.70 bits per heavy atom. The molecule has 0 bridgehead atoms. The fourth-order valence-electron chi connectivity index (χ4n) is 3.67. The fourth-order valence-corrected chi connectivity index (χ4v) is 4.70. The molecule has 2 aromatic rings. The SMILES string of the molecule is CN=C(NCC1(c2ccccc2Cl)CCOCC1)N(C)CCc1cccs1. The van der Waals surface area contributed by atoms with E-state index in [1.54, 1.807) is 11.3 Å². The normalized spacial score (nSPS) is 16.9. The van der Waals surface area contributed by atoms with Gasteiger partial charge in [0.1, 0.15) is 0 Å². The number of hydrogen-bond donors (Lipinski definition) is 1. The number of likely N-dealkylation sites (N-methyl/N-ethyl adjacent to an activating group) is 1. The van der Waals surface area contributed by atoms with Gasteiger partial charge in [0, 0.05) is 55.7 Å². The number of rotatable bonds is 6. The summed E-state index contributed by atoms with van der Waals surface area (Å²) in [7, 11) is 3.94. The van der Waals surface area contributed by atoms with Gasteiger partial charge in [-0.2, -0.15) is 0 Å². The van der Waals surface area contributed by atoms with E-state index in [4.69, 9.17) is 16.3 Å². The number of benzene rings is 1. The highest BCUT2D eigenvalue weighted by Gasteiger charge is 2.36. The first kappa shape index (κ1) is 20.2. The Labute approximate surface area is 171 Å². The lowest BCUT2D eigenvalue weighted by atomic mass is 9.74. The van der Waals surface area contributed by atoms with Gasteiger partial charge in [0.25, 0.3) is 0 Å². The minimum atomic E-state index is -0.0267. The lowest BCUT2D eigenvalue weighted by molar-refractivity contribution is 0.0512. The third kappa shape index (κ3) is 5.03. The van der Waals surface area contributed by atoms with E-state index < -0.39 is 0 Å². The molecule has 0 unspecified atom stereocenters. The van der Waals surface area contributed by atoms with Crippen molar-refractivity contribution in [3.05, 3.63) is 57.2 Å². The Bertz CT molecular complexity index is 742. The van der Waals surface area contributed by atoms with Crippen LogP contribution in [0.5, 0.6) is 0 Å². The van der Waals surface area contributed by atoms with Gasteiger partial charge in [-0.25, -0.2) is 0 Å². The Balaban J connectivity index is 1.67. The molecule has 3 rings (SSSR count). The summed E-state index contributed by atoms with van der Waals surface area (Å²) in [4.78, 5) is 8.08. The summed E-state index contributed by atoms with van der Waals surface area (Å²) in [6.45, 7) is 3.26. The second-order valence-corrected chi connectivity index (χ2v) is 8.46. The maximum absolute atomic E-state index is 6.56. The van der Waals surface area contributed by atoms with Crippen molar-refractivity contribution in [2.45, 2.75) is 24.7 Å². The van der Waals surface area contributed by atoms with Crippen molar-refractivity contribution < 1.29 is 4.74 Å². The van der Waals surface area contributed by atoms with Crippen molar-refractivity contribution in [2.75, 3.05) is 40.4 Å². The molecule has 0 aliphatic carbocycles. The molecule has 0 atom stereocenters. The highest BCUT2D eigenvalue weighted by Crippen LogP contribution is 2.38. The van der Waals surface area contributed by atoms with Crippen LogP contribution >= 0.6 is 22.9 Å². The summed E-state index contributed by atoms with van der Waals surface area (Å²) in [6, 6.07) is 12.5. The number of hydrogen-bond acceptors (Lipinski definition) is 3. The first-order chi connectivity index (χ1) is 13.1. The molecule has 0 amide bonds. The topological polar surface area (TPSA) is 36.9 Å². The van der Waals surface area contributed by atoms with Crippen LogP contribution in [0.4, 0.5) is 0 Å². The lowest BCUT2D eigenvalue weighted by Crippen LogP contribution is -2.48. The summed E-state index contributed by atoms with van der Waals surface area (Å²) in [5.41, 5.74) is 1.18. The number of guanidine groups is 1. The quantitative estimate of drug-likeness (QED) is 0.578. The zero-order valence-electron chi connectivity index (χ0n) is 16.1. The van der Waals surface area contributed by atoms with E-state index in [2.05, 4.69) is 51.9 Å². The second kappa shape index (κ2) is 9.58. The number of ether oxygens (including phenoxy) is 1. The monoisotopic (exact) mass is 405 g/mol. The van der Waals surface area contributed by atoms with Crippen molar-refractivity contribution in [2.24, 2.45) is 4.99 Å². The molecule has 1 fully saturated rings. The smallest absolute Gasteiger partial charge is 0.193 e. The molecule has 1 aromatic carbocycles. The van der Waals surface area contributed by atoms with Gasteiger partial charge in [-0.3, -0.25) is 4.99 Å². The molecule has 0 radical (unpaired) electrons. The third-order valence-electron chi connectivity index (χ3n) is 5.33. The summed E-state index contributed by atoms with van der Waals surface area (Å²) < 4.78 is 5.64. The Morgan fingerprint density at radius 2 is 2.04 bits per heavy atom. The maximum Gasteiger partial charge on any atom is 0.193 e. The average molecular weight is 406 g/mol. The highest BCUT2D eigenvalue weighted by molar-refractivity contribution is 7.09. The van der Waals surface area contributed by atoms with Crippen LogP contribution in [0.1, 0.15) is 23.3 Å². The van der Waals surface area contributed by atoms with Crippen LogP contribution in [-0.2, 0) is 16.6 Å². The summed E-state index contributed by atoms with van der Waals surface area (Å²) >= 11 is 8.36. The summed E-state index contributed by atoms with van der Waals surface area (Å²) in [6.07, 6.45) is 2.94. The number of nitrogens with one attached hydrogen (secondary N) is 1. The molecule has 1 aliphatic heterocycles. The number of thiophene rings is 1. The van der Waals surface area contributed by atoms with Crippen LogP contribution in [0.25, 0.3) is 0 Å². The molecule has 1 aromatic heterocycles. The van der Waals surface area contributed by atoms with Crippen LogP contribution < -0.4 is 5.32 Å². The molecular formula is C21H28ClN3OS. The largest absolute Gasteiger partial charge is 0.381 e. The number of aliphatic imine (C=N–C) groups is 1. The van der Waals surface area contributed by atoms with Gasteiger partial charge in [-0.05, 0) is 42.3 Å². The Hall–Kier alpha value is -1.56. The van der Waals surface area contributed by atoms with Crippen molar-refractivity contribution in [1.82, 2.24) is 10.2 Å². The molecule has 146 valence electrons. The molecule has 0 spiro atoms. The molecule has 4 nitrogen and oxygen atoms in total. The van der Waals surface area contributed by atoms with Crippen LogP contribution in [-0.4, -0.2) is 51.3 Å². The third-order valence-corrected chi connectivity index (χ3v) is 6.59. The zero-order valence-corrected chi connectivity index (χ0v) is 17.7. The number of nitrogens with zero attached hydrogens (tertiary/aromatic N) is 2. The highest BCUT2D eigenvalue weighted by atomic mass is 35.5. The molecule has 1 saturated heterocycles. The van der Waals surface area contributed by atoms with Crippen molar-refractivity contribution in [1.29, 1.82) is 0 Å². The first-order valence-corrected chi connectivity index (χ1v) is 10.7. The van der Waals surface area contributed by atoms with Gasteiger partial charge in [-0.1, -0.05) is 35.9 Å². The minimum absolute atomic E-state index is 0.0267. The zero-order chi connectivity index (χ0) is 19.1. The molecule has 2 heterocycles. The Morgan fingerprint density at radius 1 is 1.26 bits per heavy atom. The standard InChI is InChI=1S/C21H28ClN3OS/c1-23-20(25(2)12-9-17-6-5-15-27-17)24-16-21(10-13-26-14-11-21)18-7-3-4-8-19(18)22/h3-8,15H,9-14,16H2,1-2H3,(H,23,24).